The molecular formula is C22H27N3O4S. The Balaban J connectivity index is 1.15. The van der Waals surface area contributed by atoms with Gasteiger partial charge in [-0.05, 0) is 35.6 Å². The molecule has 0 bridgehead atoms. The molecule has 0 atom stereocenters. The summed E-state index contributed by atoms with van der Waals surface area (Å²) in [4.78, 5) is 28.6. The van der Waals surface area contributed by atoms with E-state index in [4.69, 9.17) is 9.47 Å². The van der Waals surface area contributed by atoms with Crippen molar-refractivity contribution >= 4 is 23.2 Å². The van der Waals surface area contributed by atoms with Crippen LogP contribution in [-0.2, 0) is 11.3 Å². The van der Waals surface area contributed by atoms with Crippen molar-refractivity contribution in [3.05, 3.63) is 46.2 Å². The molecule has 2 amide bonds. The molecular weight excluding hydrogens is 402 g/mol. The number of ether oxygens (including phenoxy) is 2. The summed E-state index contributed by atoms with van der Waals surface area (Å²) in [7, 11) is 0. The molecule has 1 aromatic heterocycles. The van der Waals surface area contributed by atoms with Crippen molar-refractivity contribution in [3.8, 4) is 11.5 Å². The van der Waals surface area contributed by atoms with Crippen LogP contribution in [0, 0.1) is 0 Å². The van der Waals surface area contributed by atoms with E-state index >= 15 is 0 Å². The van der Waals surface area contributed by atoms with Gasteiger partial charge in [-0.3, -0.25) is 14.5 Å². The van der Waals surface area contributed by atoms with Gasteiger partial charge < -0.3 is 19.7 Å². The van der Waals surface area contributed by atoms with Gasteiger partial charge in [0.15, 0.2) is 11.5 Å². The normalized spacial score (nSPS) is 16.3. The highest BCUT2D eigenvalue weighted by Gasteiger charge is 2.21. The van der Waals surface area contributed by atoms with E-state index in [1.165, 1.54) is 16.9 Å². The van der Waals surface area contributed by atoms with Gasteiger partial charge in [-0.15, -0.1) is 0 Å². The summed E-state index contributed by atoms with van der Waals surface area (Å²) in [6.07, 6.45) is 1.12. The molecule has 1 aromatic carbocycles. The van der Waals surface area contributed by atoms with E-state index in [1.54, 1.807) is 6.07 Å². The Morgan fingerprint density at radius 3 is 2.60 bits per heavy atom. The molecule has 0 aliphatic carbocycles. The average Bonchev–Trinajstić information content (AvgIpc) is 3.32. The number of piperazine rings is 1. The molecule has 7 nitrogen and oxygen atoms in total. The monoisotopic (exact) mass is 429 g/mol. The maximum absolute atomic E-state index is 12.5. The van der Waals surface area contributed by atoms with Crippen LogP contribution >= 0.6 is 11.3 Å². The van der Waals surface area contributed by atoms with Crippen LogP contribution in [0.1, 0.15) is 28.8 Å². The van der Waals surface area contributed by atoms with E-state index in [1.807, 2.05) is 21.7 Å². The van der Waals surface area contributed by atoms with Gasteiger partial charge in [0.2, 0.25) is 5.91 Å². The lowest BCUT2D eigenvalue weighted by atomic mass is 10.1. The van der Waals surface area contributed by atoms with Gasteiger partial charge in [0.25, 0.3) is 5.91 Å². The van der Waals surface area contributed by atoms with Crippen LogP contribution in [0.3, 0.4) is 0 Å². The number of benzene rings is 1. The Kier molecular flexibility index (Phi) is 6.86. The minimum absolute atomic E-state index is 0.0727. The first kappa shape index (κ1) is 20.7. The minimum Gasteiger partial charge on any atom is -0.486 e. The fraction of sp³-hybridized carbons (Fsp3) is 0.455. The van der Waals surface area contributed by atoms with Gasteiger partial charge in [-0.25, -0.2) is 0 Å². The zero-order chi connectivity index (χ0) is 20.8. The number of hydrogen-bond donors (Lipinski definition) is 1. The van der Waals surface area contributed by atoms with Crippen LogP contribution in [0.25, 0.3) is 0 Å². The van der Waals surface area contributed by atoms with Crippen molar-refractivity contribution in [2.75, 3.05) is 45.9 Å². The van der Waals surface area contributed by atoms with Gasteiger partial charge in [0, 0.05) is 56.6 Å². The highest BCUT2D eigenvalue weighted by atomic mass is 32.1. The summed E-state index contributed by atoms with van der Waals surface area (Å²) in [5, 5.41) is 6.57. The number of hydrogen-bond acceptors (Lipinski definition) is 6. The zero-order valence-electron chi connectivity index (χ0n) is 17.0. The van der Waals surface area contributed by atoms with Crippen LogP contribution < -0.4 is 14.8 Å². The van der Waals surface area contributed by atoms with Gasteiger partial charge in [0.1, 0.15) is 13.2 Å². The number of fused-ring (bicyclic) bond motifs is 1. The summed E-state index contributed by atoms with van der Waals surface area (Å²) in [6, 6.07) is 7.90. The van der Waals surface area contributed by atoms with E-state index in [9.17, 15) is 9.59 Å². The molecule has 2 aliphatic heterocycles. The number of carbonyl (C=O) groups is 2. The molecule has 0 spiro atoms. The van der Waals surface area contributed by atoms with Crippen LogP contribution in [0.4, 0.5) is 0 Å². The lowest BCUT2D eigenvalue weighted by Gasteiger charge is -2.35. The van der Waals surface area contributed by atoms with Gasteiger partial charge >= 0.3 is 0 Å². The first-order valence-corrected chi connectivity index (χ1v) is 11.3. The second kappa shape index (κ2) is 9.95. The topological polar surface area (TPSA) is 71.1 Å². The van der Waals surface area contributed by atoms with E-state index in [-0.39, 0.29) is 11.8 Å². The molecule has 4 rings (SSSR count). The van der Waals surface area contributed by atoms with Crippen molar-refractivity contribution in [2.24, 2.45) is 0 Å². The summed E-state index contributed by atoms with van der Waals surface area (Å²) >= 11 is 1.50. The molecule has 0 unspecified atom stereocenters. The predicted molar refractivity (Wildman–Crippen MR) is 115 cm³/mol. The highest BCUT2D eigenvalue weighted by molar-refractivity contribution is 7.08. The Morgan fingerprint density at radius 2 is 1.83 bits per heavy atom. The summed E-state index contributed by atoms with van der Waals surface area (Å²) < 4.78 is 11.2. The maximum Gasteiger partial charge on any atom is 0.252 e. The number of nitrogens with one attached hydrogen (secondary N) is 1. The van der Waals surface area contributed by atoms with E-state index in [2.05, 4.69) is 22.3 Å². The van der Waals surface area contributed by atoms with E-state index in [0.29, 0.717) is 38.2 Å². The molecule has 8 heteroatoms. The van der Waals surface area contributed by atoms with Crippen LogP contribution in [-0.4, -0.2) is 67.6 Å². The number of carbonyl (C=O) groups excluding carboxylic acids is 2. The molecule has 3 heterocycles. The fourth-order valence-corrected chi connectivity index (χ4v) is 4.33. The quantitative estimate of drug-likeness (QED) is 0.685. The third-order valence-electron chi connectivity index (χ3n) is 5.37. The first-order valence-electron chi connectivity index (χ1n) is 10.4. The third-order valence-corrected chi connectivity index (χ3v) is 6.06. The summed E-state index contributed by atoms with van der Waals surface area (Å²) in [5.74, 6) is 1.72. The number of nitrogens with zero attached hydrogens (tertiary/aromatic N) is 2. The predicted octanol–water partition coefficient (Wildman–Crippen LogP) is 2.37. The molecule has 2 aliphatic rings. The molecule has 1 N–H and O–H groups in total. The Labute approximate surface area is 180 Å². The standard InChI is InChI=1S/C22H27N3O4S/c26-21(2-1-6-23-22(27)18-5-13-30-16-18)25-9-7-24(8-10-25)15-17-3-4-19-20(14-17)29-12-11-28-19/h3-5,13-14,16H,1-2,6-12,15H2,(H,23,27). The van der Waals surface area contributed by atoms with Crippen LogP contribution in [0.5, 0.6) is 11.5 Å². The van der Waals surface area contributed by atoms with Crippen molar-refractivity contribution in [3.63, 3.8) is 0 Å². The number of rotatable bonds is 7. The molecule has 0 radical (unpaired) electrons. The molecule has 2 aromatic rings. The van der Waals surface area contributed by atoms with Crippen molar-refractivity contribution < 1.29 is 19.1 Å². The van der Waals surface area contributed by atoms with Gasteiger partial charge in [-0.2, -0.15) is 11.3 Å². The first-order chi connectivity index (χ1) is 14.7. The third kappa shape index (κ3) is 5.31. The minimum atomic E-state index is -0.0727. The Bertz CT molecular complexity index is 863. The number of amides is 2. The SMILES string of the molecule is O=C(NCCCC(=O)N1CCN(Cc2ccc3c(c2)OCCO3)CC1)c1ccsc1. The van der Waals surface area contributed by atoms with Crippen LogP contribution in [0.2, 0.25) is 0 Å². The largest absolute Gasteiger partial charge is 0.486 e. The van der Waals surface area contributed by atoms with E-state index in [0.717, 1.165) is 44.2 Å². The van der Waals surface area contributed by atoms with Gasteiger partial charge in [-0.1, -0.05) is 6.07 Å². The summed E-state index contributed by atoms with van der Waals surface area (Å²) in [5.41, 5.74) is 1.88. The second-order valence-electron chi connectivity index (χ2n) is 7.51. The molecule has 30 heavy (non-hydrogen) atoms. The van der Waals surface area contributed by atoms with Gasteiger partial charge in [0.05, 0.1) is 0 Å². The smallest absolute Gasteiger partial charge is 0.252 e. The maximum atomic E-state index is 12.5. The lowest BCUT2D eigenvalue weighted by molar-refractivity contribution is -0.133. The molecule has 160 valence electrons. The van der Waals surface area contributed by atoms with Crippen molar-refractivity contribution in [1.82, 2.24) is 15.1 Å². The second-order valence-corrected chi connectivity index (χ2v) is 8.29. The fourth-order valence-electron chi connectivity index (χ4n) is 3.70. The lowest BCUT2D eigenvalue weighted by Crippen LogP contribution is -2.48. The number of thiophene rings is 1. The molecule has 0 saturated carbocycles. The van der Waals surface area contributed by atoms with E-state index < -0.39 is 0 Å². The highest BCUT2D eigenvalue weighted by Crippen LogP contribution is 2.31. The zero-order valence-corrected chi connectivity index (χ0v) is 17.8. The van der Waals surface area contributed by atoms with Crippen LogP contribution in [0.15, 0.2) is 35.0 Å². The van der Waals surface area contributed by atoms with Crippen molar-refractivity contribution in [2.45, 2.75) is 19.4 Å². The average molecular weight is 430 g/mol. The Hall–Kier alpha value is -2.58. The molecule has 1 saturated heterocycles. The summed E-state index contributed by atoms with van der Waals surface area (Å²) in [6.45, 7) is 5.75. The van der Waals surface area contributed by atoms with Crippen molar-refractivity contribution in [1.29, 1.82) is 0 Å². The Morgan fingerprint density at radius 1 is 1.03 bits per heavy atom. The molecule has 1 fully saturated rings.